The highest BCUT2D eigenvalue weighted by Gasteiger charge is 2.30. The fraction of sp³-hybridized carbons (Fsp3) is 0.629. The van der Waals surface area contributed by atoms with Crippen molar-refractivity contribution in [3.63, 3.8) is 0 Å². The Bertz CT molecular complexity index is 1240. The number of amides is 1. The van der Waals surface area contributed by atoms with E-state index in [1.165, 1.54) is 5.56 Å². The lowest BCUT2D eigenvalue weighted by Gasteiger charge is -2.34. The van der Waals surface area contributed by atoms with Gasteiger partial charge in [-0.05, 0) is 43.7 Å². The number of rotatable bonds is 15. The summed E-state index contributed by atoms with van der Waals surface area (Å²) in [6.07, 6.45) is 5.63. The summed E-state index contributed by atoms with van der Waals surface area (Å²) in [4.78, 5) is 12.1. The number of hydrogen-bond acceptors (Lipinski definition) is 7. The van der Waals surface area contributed by atoms with Gasteiger partial charge in [0.05, 0.1) is 19.8 Å². The van der Waals surface area contributed by atoms with Crippen LogP contribution in [0.5, 0.6) is 11.5 Å². The van der Waals surface area contributed by atoms with E-state index in [0.29, 0.717) is 32.4 Å². The highest BCUT2D eigenvalue weighted by molar-refractivity contribution is 6.76. The third kappa shape index (κ3) is 10.8. The molecule has 2 aliphatic heterocycles. The molecule has 0 aromatic heterocycles. The number of unbranched alkanes of at least 4 members (excludes halogenated alkanes) is 1. The maximum atomic E-state index is 12.1. The van der Waals surface area contributed by atoms with Crippen LogP contribution in [-0.2, 0) is 40.4 Å². The Balaban J connectivity index is 1.32. The molecule has 4 rings (SSSR count). The van der Waals surface area contributed by atoms with Crippen LogP contribution in [0.2, 0.25) is 25.7 Å². The van der Waals surface area contributed by atoms with Crippen LogP contribution < -0.4 is 20.1 Å². The normalized spacial score (nSPS) is 17.4. The number of carbonyl (C=O) groups excluding carboxylic acids is 1. The Hall–Kier alpha value is -2.59. The summed E-state index contributed by atoms with van der Waals surface area (Å²) in [5.74, 6) is 0.666. The van der Waals surface area contributed by atoms with E-state index in [1.54, 1.807) is 0 Å². The van der Waals surface area contributed by atoms with E-state index in [2.05, 4.69) is 66.7 Å². The molecule has 0 saturated carbocycles. The lowest BCUT2D eigenvalue weighted by molar-refractivity contribution is -0.180. The van der Waals surface area contributed by atoms with Gasteiger partial charge in [-0.25, -0.2) is 4.79 Å². The summed E-state index contributed by atoms with van der Waals surface area (Å²) in [6, 6.07) is 14.0. The summed E-state index contributed by atoms with van der Waals surface area (Å²) >= 11 is 0. The van der Waals surface area contributed by atoms with Crippen molar-refractivity contribution in [1.82, 2.24) is 10.6 Å². The predicted octanol–water partition coefficient (Wildman–Crippen LogP) is 7.69. The van der Waals surface area contributed by atoms with Crippen LogP contribution in [0.3, 0.4) is 0 Å². The Morgan fingerprint density at radius 1 is 0.864 bits per heavy atom. The lowest BCUT2D eigenvalue weighted by atomic mass is 9.98. The van der Waals surface area contributed by atoms with Gasteiger partial charge in [-0.3, -0.25) is 0 Å². The first-order valence-corrected chi connectivity index (χ1v) is 20.0. The minimum atomic E-state index is -1.21. The van der Waals surface area contributed by atoms with Gasteiger partial charge >= 0.3 is 6.09 Å². The van der Waals surface area contributed by atoms with Gasteiger partial charge in [-0.15, -0.1) is 0 Å². The molecule has 2 aromatic rings. The van der Waals surface area contributed by atoms with E-state index in [0.717, 1.165) is 79.3 Å². The summed E-state index contributed by atoms with van der Waals surface area (Å²) in [6.45, 7) is 17.7. The number of para-hydroxylation sites is 2. The highest BCUT2D eigenvalue weighted by atomic mass is 28.3. The fourth-order valence-corrected chi connectivity index (χ4v) is 6.22. The van der Waals surface area contributed by atoms with E-state index in [-0.39, 0.29) is 6.09 Å². The zero-order valence-corrected chi connectivity index (χ0v) is 29.0. The number of alkyl carbamates (subject to hydrolysis) is 1. The van der Waals surface area contributed by atoms with Crippen molar-refractivity contribution in [2.24, 2.45) is 0 Å². The van der Waals surface area contributed by atoms with Crippen LogP contribution in [-0.4, -0.2) is 44.9 Å². The van der Waals surface area contributed by atoms with Gasteiger partial charge in [-0.1, -0.05) is 62.5 Å². The van der Waals surface area contributed by atoms with Gasteiger partial charge in [0.15, 0.2) is 0 Å². The molecule has 1 atom stereocenters. The number of nitrogens with one attached hydrogen (secondary N) is 2. The number of ether oxygens (including phenoxy) is 5. The fourth-order valence-electron chi connectivity index (χ4n) is 5.50. The molecule has 0 saturated heterocycles. The lowest BCUT2D eigenvalue weighted by Crippen LogP contribution is -2.36. The summed E-state index contributed by atoms with van der Waals surface area (Å²) in [5.41, 5.74) is 4.59. The SMILES string of the molecule is CC1(C)OCc2cccc(CCC[C@H](CCCCNC(=O)OCC[Si](C)(C)C)NCc3cccc4c3OC(C)(C)OC4)c2O1. The minimum absolute atomic E-state index is 0.305. The molecule has 2 aromatic carbocycles. The van der Waals surface area contributed by atoms with Crippen LogP contribution in [0.1, 0.15) is 82.1 Å². The summed E-state index contributed by atoms with van der Waals surface area (Å²) in [7, 11) is -1.21. The second-order valence-electron chi connectivity index (χ2n) is 14.2. The van der Waals surface area contributed by atoms with Gasteiger partial charge in [-0.2, -0.15) is 0 Å². The number of carbonyl (C=O) groups is 1. The van der Waals surface area contributed by atoms with E-state index in [9.17, 15) is 4.79 Å². The topological polar surface area (TPSA) is 87.3 Å². The molecular weight excluding hydrogens is 572 g/mol. The Kier molecular flexibility index (Phi) is 11.8. The molecule has 0 bridgehead atoms. The quantitative estimate of drug-likeness (QED) is 0.155. The van der Waals surface area contributed by atoms with Crippen molar-refractivity contribution in [3.8, 4) is 11.5 Å². The molecule has 244 valence electrons. The zero-order valence-electron chi connectivity index (χ0n) is 28.0. The number of hydrogen-bond donors (Lipinski definition) is 2. The minimum Gasteiger partial charge on any atom is -0.462 e. The highest BCUT2D eigenvalue weighted by Crippen LogP contribution is 2.36. The molecule has 1 amide bonds. The van der Waals surface area contributed by atoms with E-state index >= 15 is 0 Å². The molecule has 0 spiro atoms. The first-order chi connectivity index (χ1) is 20.8. The summed E-state index contributed by atoms with van der Waals surface area (Å²) < 4.78 is 29.5. The van der Waals surface area contributed by atoms with E-state index < -0.39 is 19.6 Å². The molecule has 0 fully saturated rings. The second-order valence-corrected chi connectivity index (χ2v) is 19.9. The average molecular weight is 627 g/mol. The van der Waals surface area contributed by atoms with Crippen molar-refractivity contribution >= 4 is 14.2 Å². The smallest absolute Gasteiger partial charge is 0.407 e. The first kappa shape index (κ1) is 34.3. The van der Waals surface area contributed by atoms with Crippen molar-refractivity contribution in [3.05, 3.63) is 58.7 Å². The van der Waals surface area contributed by atoms with Crippen LogP contribution in [0.15, 0.2) is 36.4 Å². The van der Waals surface area contributed by atoms with Crippen LogP contribution in [0, 0.1) is 0 Å². The molecule has 2 heterocycles. The molecule has 44 heavy (non-hydrogen) atoms. The zero-order chi connectivity index (χ0) is 31.8. The van der Waals surface area contributed by atoms with Crippen LogP contribution in [0.25, 0.3) is 0 Å². The van der Waals surface area contributed by atoms with E-state index in [4.69, 9.17) is 23.7 Å². The second kappa shape index (κ2) is 15.1. The van der Waals surface area contributed by atoms with Gasteiger partial charge in [0.2, 0.25) is 11.6 Å². The summed E-state index contributed by atoms with van der Waals surface area (Å²) in [5, 5.41) is 6.76. The predicted molar refractivity (Wildman–Crippen MR) is 177 cm³/mol. The monoisotopic (exact) mass is 626 g/mol. The van der Waals surface area contributed by atoms with Gasteiger partial charge in [0, 0.05) is 71.6 Å². The number of fused-ring (bicyclic) bond motifs is 2. The number of aryl methyl sites for hydroxylation is 1. The number of benzene rings is 2. The maximum Gasteiger partial charge on any atom is 0.407 e. The maximum absolute atomic E-state index is 12.1. The molecule has 2 aliphatic rings. The standard InChI is InChI=1S/C35H54N2O6Si/c1-34(2)40-24-28-16-10-13-26(31(28)42-34)14-12-19-30(18-8-9-20-36-33(38)39-21-22-44(5,6)7)37-23-27-15-11-17-29-25-41-35(3,4)43-32(27)29/h10-11,13,15-17,30,37H,8-9,12,14,18-25H2,1-7H3,(H,36,38)/t30-/m0/s1. The van der Waals surface area contributed by atoms with E-state index in [1.807, 2.05) is 27.7 Å². The molecule has 2 N–H and O–H groups in total. The van der Waals surface area contributed by atoms with Crippen molar-refractivity contribution in [2.45, 2.75) is 129 Å². The third-order valence-electron chi connectivity index (χ3n) is 8.12. The van der Waals surface area contributed by atoms with Crippen molar-refractivity contribution in [1.29, 1.82) is 0 Å². The van der Waals surface area contributed by atoms with Crippen molar-refractivity contribution in [2.75, 3.05) is 13.2 Å². The molecule has 0 aliphatic carbocycles. The Labute approximate surface area is 265 Å². The Morgan fingerprint density at radius 2 is 1.45 bits per heavy atom. The molecular formula is C35H54N2O6Si. The third-order valence-corrected chi connectivity index (χ3v) is 9.82. The Morgan fingerprint density at radius 3 is 2.09 bits per heavy atom. The van der Waals surface area contributed by atoms with Crippen molar-refractivity contribution < 1.29 is 28.5 Å². The average Bonchev–Trinajstić information content (AvgIpc) is 2.94. The van der Waals surface area contributed by atoms with Gasteiger partial charge in [0.25, 0.3) is 0 Å². The molecule has 0 unspecified atom stereocenters. The largest absolute Gasteiger partial charge is 0.462 e. The van der Waals surface area contributed by atoms with Gasteiger partial charge in [0.1, 0.15) is 11.5 Å². The molecule has 0 radical (unpaired) electrons. The molecule has 8 nitrogen and oxygen atoms in total. The van der Waals surface area contributed by atoms with Crippen LogP contribution >= 0.6 is 0 Å². The molecule has 9 heteroatoms. The van der Waals surface area contributed by atoms with Gasteiger partial charge < -0.3 is 34.3 Å². The first-order valence-electron chi connectivity index (χ1n) is 16.3. The van der Waals surface area contributed by atoms with Crippen LogP contribution in [0.4, 0.5) is 4.79 Å².